The van der Waals surface area contributed by atoms with E-state index in [0.29, 0.717) is 17.3 Å². The molecule has 0 amide bonds. The summed E-state index contributed by atoms with van der Waals surface area (Å²) >= 11 is 6.02. The Kier molecular flexibility index (Phi) is 3.02. The van der Waals surface area contributed by atoms with E-state index in [1.54, 1.807) is 19.2 Å². The second kappa shape index (κ2) is 4.46. The normalized spacial score (nSPS) is 10.4. The lowest BCUT2D eigenvalue weighted by Crippen LogP contribution is -1.98. The summed E-state index contributed by atoms with van der Waals surface area (Å²) in [6.45, 7) is 0.436. The third-order valence-corrected chi connectivity index (χ3v) is 2.31. The van der Waals surface area contributed by atoms with Gasteiger partial charge in [-0.3, -0.25) is 0 Å². The van der Waals surface area contributed by atoms with E-state index in [4.69, 9.17) is 22.1 Å². The molecule has 0 atom stereocenters. The minimum atomic E-state index is 0.280. The van der Waals surface area contributed by atoms with Crippen LogP contribution in [0.4, 0.5) is 0 Å². The second-order valence-corrected chi connectivity index (χ2v) is 3.56. The predicted octanol–water partition coefficient (Wildman–Crippen LogP) is 1.11. The van der Waals surface area contributed by atoms with Crippen molar-refractivity contribution in [3.63, 3.8) is 0 Å². The molecule has 0 aliphatic carbocycles. The number of aryl methyl sites for hydroxylation is 1. The Morgan fingerprint density at radius 1 is 1.50 bits per heavy atom. The number of nitrogens with two attached hydrogens (primary N) is 1. The lowest BCUT2D eigenvalue weighted by atomic mass is 10.2. The first-order valence-electron chi connectivity index (χ1n) is 4.59. The van der Waals surface area contributed by atoms with Crippen LogP contribution in [0.3, 0.4) is 0 Å². The topological polar surface area (TPSA) is 78.8 Å². The van der Waals surface area contributed by atoms with Crippen molar-refractivity contribution in [1.82, 2.24) is 20.2 Å². The zero-order valence-corrected chi connectivity index (χ0v) is 9.35. The van der Waals surface area contributed by atoms with Crippen LogP contribution in [-0.4, -0.2) is 20.2 Å². The van der Waals surface area contributed by atoms with E-state index >= 15 is 0 Å². The van der Waals surface area contributed by atoms with Gasteiger partial charge in [0, 0.05) is 13.6 Å². The van der Waals surface area contributed by atoms with Crippen molar-refractivity contribution in [3.05, 3.63) is 28.8 Å². The molecule has 1 aromatic carbocycles. The molecule has 1 aromatic heterocycles. The van der Waals surface area contributed by atoms with Crippen LogP contribution < -0.4 is 10.5 Å². The van der Waals surface area contributed by atoms with Crippen LogP contribution in [0.1, 0.15) is 5.56 Å². The van der Waals surface area contributed by atoms with Crippen LogP contribution in [0.25, 0.3) is 0 Å². The zero-order chi connectivity index (χ0) is 11.5. The van der Waals surface area contributed by atoms with Gasteiger partial charge in [0.25, 0.3) is 0 Å². The molecule has 0 aliphatic rings. The maximum Gasteiger partial charge on any atom is 0.340 e. The molecule has 0 radical (unpaired) electrons. The summed E-state index contributed by atoms with van der Waals surface area (Å²) in [5.41, 5.74) is 6.43. The third kappa shape index (κ3) is 2.12. The van der Waals surface area contributed by atoms with Crippen molar-refractivity contribution in [2.75, 3.05) is 0 Å². The van der Waals surface area contributed by atoms with E-state index < -0.39 is 0 Å². The highest BCUT2D eigenvalue weighted by molar-refractivity contribution is 6.32. The fourth-order valence-corrected chi connectivity index (χ4v) is 1.40. The summed E-state index contributed by atoms with van der Waals surface area (Å²) < 4.78 is 6.84. The summed E-state index contributed by atoms with van der Waals surface area (Å²) in [6, 6.07) is 5.60. The third-order valence-electron chi connectivity index (χ3n) is 2.01. The number of tetrazole rings is 1. The first-order chi connectivity index (χ1) is 7.70. The number of ether oxygens (including phenoxy) is 1. The molecule has 6 nitrogen and oxygen atoms in total. The van der Waals surface area contributed by atoms with Gasteiger partial charge in [-0.25, -0.2) is 0 Å². The number of benzene rings is 1. The molecule has 0 aliphatic heterocycles. The van der Waals surface area contributed by atoms with E-state index in [9.17, 15) is 0 Å². The van der Waals surface area contributed by atoms with Crippen molar-refractivity contribution in [1.29, 1.82) is 0 Å². The van der Waals surface area contributed by atoms with Gasteiger partial charge in [0.05, 0.1) is 5.02 Å². The van der Waals surface area contributed by atoms with Crippen LogP contribution >= 0.6 is 11.6 Å². The molecule has 2 rings (SSSR count). The number of aromatic nitrogens is 4. The van der Waals surface area contributed by atoms with Crippen molar-refractivity contribution >= 4 is 11.6 Å². The average Bonchev–Trinajstić information content (AvgIpc) is 2.67. The maximum atomic E-state index is 6.02. The summed E-state index contributed by atoms with van der Waals surface area (Å²) in [7, 11) is 1.68. The Hall–Kier alpha value is -1.66. The first-order valence-corrected chi connectivity index (χ1v) is 4.97. The van der Waals surface area contributed by atoms with E-state index in [1.165, 1.54) is 4.68 Å². The first kappa shape index (κ1) is 10.8. The molecular formula is C9H10ClN5O. The van der Waals surface area contributed by atoms with Crippen molar-refractivity contribution in [2.24, 2.45) is 12.8 Å². The zero-order valence-electron chi connectivity index (χ0n) is 8.59. The van der Waals surface area contributed by atoms with Crippen LogP contribution in [-0.2, 0) is 13.6 Å². The number of nitrogens with zero attached hydrogens (tertiary/aromatic N) is 4. The van der Waals surface area contributed by atoms with Crippen molar-refractivity contribution < 1.29 is 4.74 Å². The van der Waals surface area contributed by atoms with Gasteiger partial charge in [-0.05, 0) is 28.1 Å². The molecule has 2 aromatic rings. The van der Waals surface area contributed by atoms with Gasteiger partial charge in [-0.1, -0.05) is 22.8 Å². The Bertz CT molecular complexity index is 498. The summed E-state index contributed by atoms with van der Waals surface area (Å²) in [4.78, 5) is 0. The molecule has 0 unspecified atom stereocenters. The van der Waals surface area contributed by atoms with Crippen LogP contribution in [0.5, 0.6) is 11.8 Å². The van der Waals surface area contributed by atoms with E-state index in [-0.39, 0.29) is 6.01 Å². The lowest BCUT2D eigenvalue weighted by Gasteiger charge is -2.06. The highest BCUT2D eigenvalue weighted by Crippen LogP contribution is 2.28. The van der Waals surface area contributed by atoms with Gasteiger partial charge in [0.2, 0.25) is 0 Å². The SMILES string of the molecule is Cn1nnnc1Oc1ccc(CN)cc1Cl. The van der Waals surface area contributed by atoms with Crippen LogP contribution in [0.2, 0.25) is 5.02 Å². The standard InChI is InChI=1S/C9H10ClN5O/c1-15-9(12-13-14-15)16-8-3-2-6(5-11)4-7(8)10/h2-4H,5,11H2,1H3. The molecule has 16 heavy (non-hydrogen) atoms. The largest absolute Gasteiger partial charge is 0.422 e. The molecule has 1 heterocycles. The molecule has 0 saturated carbocycles. The molecular weight excluding hydrogens is 230 g/mol. The molecule has 0 bridgehead atoms. The van der Waals surface area contributed by atoms with E-state index in [1.807, 2.05) is 6.07 Å². The minimum Gasteiger partial charge on any atom is -0.422 e. The van der Waals surface area contributed by atoms with Gasteiger partial charge in [0.1, 0.15) is 5.75 Å². The quantitative estimate of drug-likeness (QED) is 0.868. The number of rotatable bonds is 3. The number of halogens is 1. The summed E-state index contributed by atoms with van der Waals surface area (Å²) in [5, 5.41) is 11.3. The smallest absolute Gasteiger partial charge is 0.340 e. The summed E-state index contributed by atoms with van der Waals surface area (Å²) in [6.07, 6.45) is 0. The highest BCUT2D eigenvalue weighted by Gasteiger charge is 2.08. The summed E-state index contributed by atoms with van der Waals surface area (Å²) in [5.74, 6) is 0.497. The molecule has 2 N–H and O–H groups in total. The molecule has 7 heteroatoms. The molecule has 0 saturated heterocycles. The second-order valence-electron chi connectivity index (χ2n) is 3.16. The monoisotopic (exact) mass is 239 g/mol. The fourth-order valence-electron chi connectivity index (χ4n) is 1.16. The van der Waals surface area contributed by atoms with Crippen LogP contribution in [0.15, 0.2) is 18.2 Å². The van der Waals surface area contributed by atoms with Crippen molar-refractivity contribution in [2.45, 2.75) is 6.54 Å². The van der Waals surface area contributed by atoms with Gasteiger partial charge in [-0.15, -0.1) is 0 Å². The van der Waals surface area contributed by atoms with E-state index in [0.717, 1.165) is 5.56 Å². The Labute approximate surface area is 97.0 Å². The lowest BCUT2D eigenvalue weighted by molar-refractivity contribution is 0.415. The van der Waals surface area contributed by atoms with Gasteiger partial charge in [0.15, 0.2) is 0 Å². The highest BCUT2D eigenvalue weighted by atomic mass is 35.5. The van der Waals surface area contributed by atoms with Gasteiger partial charge in [-0.2, -0.15) is 4.68 Å². The average molecular weight is 240 g/mol. The van der Waals surface area contributed by atoms with Crippen molar-refractivity contribution in [3.8, 4) is 11.8 Å². The molecule has 0 fully saturated rings. The van der Waals surface area contributed by atoms with E-state index in [2.05, 4.69) is 15.5 Å². The Morgan fingerprint density at radius 2 is 2.31 bits per heavy atom. The number of hydrogen-bond acceptors (Lipinski definition) is 5. The minimum absolute atomic E-state index is 0.280. The molecule has 84 valence electrons. The van der Waals surface area contributed by atoms with Crippen LogP contribution in [0, 0.1) is 0 Å². The number of hydrogen-bond donors (Lipinski definition) is 1. The Morgan fingerprint density at radius 3 is 2.88 bits per heavy atom. The predicted molar refractivity (Wildman–Crippen MR) is 58.2 cm³/mol. The fraction of sp³-hybridized carbons (Fsp3) is 0.222. The maximum absolute atomic E-state index is 6.02. The van der Waals surface area contributed by atoms with Gasteiger partial charge >= 0.3 is 6.01 Å². The van der Waals surface area contributed by atoms with Gasteiger partial charge < -0.3 is 10.5 Å². The Balaban J connectivity index is 2.25. The molecule has 0 spiro atoms.